The maximum Gasteiger partial charge on any atom is 0.339 e. The number of methoxy groups -OCH3 is 1. The molecule has 0 amide bonds. The van der Waals surface area contributed by atoms with Gasteiger partial charge in [-0.25, -0.2) is 9.78 Å². The van der Waals surface area contributed by atoms with Crippen LogP contribution in [0.15, 0.2) is 40.5 Å². The molecule has 0 saturated carbocycles. The molecule has 0 unspecified atom stereocenters. The number of aromatic nitrogens is 2. The van der Waals surface area contributed by atoms with Crippen LogP contribution in [0.4, 0.5) is 0 Å². The van der Waals surface area contributed by atoms with Crippen molar-refractivity contribution in [1.29, 1.82) is 0 Å². The first-order valence-electron chi connectivity index (χ1n) is 7.03. The summed E-state index contributed by atoms with van der Waals surface area (Å²) in [5, 5.41) is 3.04. The van der Waals surface area contributed by atoms with Gasteiger partial charge in [0.1, 0.15) is 5.01 Å². The van der Waals surface area contributed by atoms with Gasteiger partial charge in [-0.05, 0) is 25.1 Å². The lowest BCUT2D eigenvalue weighted by molar-refractivity contribution is 0.0599. The Morgan fingerprint density at radius 1 is 1.29 bits per heavy atom. The molecule has 2 heterocycles. The van der Waals surface area contributed by atoms with Gasteiger partial charge < -0.3 is 9.72 Å². The van der Waals surface area contributed by atoms with Crippen LogP contribution in [0.5, 0.6) is 0 Å². The van der Waals surface area contributed by atoms with Gasteiger partial charge in [-0.1, -0.05) is 23.7 Å². The van der Waals surface area contributed by atoms with E-state index in [0.717, 1.165) is 11.3 Å². The van der Waals surface area contributed by atoms with E-state index in [0.29, 0.717) is 26.9 Å². The zero-order chi connectivity index (χ0) is 17.3. The Bertz CT molecular complexity index is 961. The summed E-state index contributed by atoms with van der Waals surface area (Å²) < 4.78 is 4.74. The van der Waals surface area contributed by atoms with Crippen LogP contribution in [-0.4, -0.2) is 23.0 Å². The Hall–Kier alpha value is -2.44. The summed E-state index contributed by atoms with van der Waals surface area (Å²) in [4.78, 5) is 31.2. The number of rotatable bonds is 3. The number of esters is 1. The monoisotopic (exact) mass is 360 g/mol. The van der Waals surface area contributed by atoms with Crippen molar-refractivity contribution < 1.29 is 9.53 Å². The number of hydrogen-bond acceptors (Lipinski definition) is 5. The van der Waals surface area contributed by atoms with Crippen molar-refractivity contribution in [2.45, 2.75) is 6.92 Å². The quantitative estimate of drug-likeness (QED) is 0.719. The lowest BCUT2D eigenvalue weighted by Crippen LogP contribution is -2.15. The van der Waals surface area contributed by atoms with Crippen molar-refractivity contribution in [1.82, 2.24) is 9.97 Å². The second-order valence-electron chi connectivity index (χ2n) is 5.09. The SMILES string of the molecule is COC(=O)c1cc(-c2nc(-c3ccc(Cl)cc3)cs2)c(=O)[nH]c1C. The molecule has 0 spiro atoms. The highest BCUT2D eigenvalue weighted by atomic mass is 35.5. The van der Waals surface area contributed by atoms with Gasteiger partial charge in [-0.2, -0.15) is 0 Å². The standard InChI is InChI=1S/C17H13ClN2O3S/c1-9-12(17(22)23-2)7-13(15(21)19-9)16-20-14(8-24-16)10-3-5-11(18)6-4-10/h3-8H,1-2H3,(H,19,21). The number of benzene rings is 1. The topological polar surface area (TPSA) is 72.0 Å². The van der Waals surface area contributed by atoms with Crippen molar-refractivity contribution in [3.63, 3.8) is 0 Å². The summed E-state index contributed by atoms with van der Waals surface area (Å²) in [6.07, 6.45) is 0. The number of carbonyl (C=O) groups is 1. The van der Waals surface area contributed by atoms with Gasteiger partial charge in [0.2, 0.25) is 0 Å². The van der Waals surface area contributed by atoms with Crippen LogP contribution in [0.3, 0.4) is 0 Å². The number of nitrogens with one attached hydrogen (secondary N) is 1. The van der Waals surface area contributed by atoms with Crippen LogP contribution >= 0.6 is 22.9 Å². The molecule has 3 rings (SSSR count). The molecule has 3 aromatic rings. The fraction of sp³-hybridized carbons (Fsp3) is 0.118. The van der Waals surface area contributed by atoms with E-state index in [2.05, 4.69) is 9.97 Å². The molecule has 0 radical (unpaired) electrons. The molecule has 1 N–H and O–H groups in total. The van der Waals surface area contributed by atoms with Gasteiger partial charge in [0.25, 0.3) is 5.56 Å². The average Bonchev–Trinajstić information content (AvgIpc) is 3.04. The van der Waals surface area contributed by atoms with Crippen molar-refractivity contribution in [2.24, 2.45) is 0 Å². The number of hydrogen-bond donors (Lipinski definition) is 1. The predicted molar refractivity (Wildman–Crippen MR) is 94.7 cm³/mol. The zero-order valence-corrected chi connectivity index (χ0v) is 14.5. The van der Waals surface area contributed by atoms with Gasteiger partial charge >= 0.3 is 5.97 Å². The van der Waals surface area contributed by atoms with Crippen LogP contribution < -0.4 is 5.56 Å². The minimum atomic E-state index is -0.500. The molecule has 7 heteroatoms. The lowest BCUT2D eigenvalue weighted by Gasteiger charge is -2.05. The van der Waals surface area contributed by atoms with E-state index in [1.54, 1.807) is 19.1 Å². The third-order valence-electron chi connectivity index (χ3n) is 3.52. The van der Waals surface area contributed by atoms with Crippen LogP contribution in [-0.2, 0) is 4.74 Å². The van der Waals surface area contributed by atoms with E-state index >= 15 is 0 Å². The van der Waals surface area contributed by atoms with Crippen molar-refractivity contribution in [3.8, 4) is 21.8 Å². The van der Waals surface area contributed by atoms with Gasteiger partial charge in [0.05, 0.1) is 23.9 Å². The van der Waals surface area contributed by atoms with Crippen LogP contribution in [0.1, 0.15) is 16.1 Å². The zero-order valence-electron chi connectivity index (χ0n) is 12.9. The number of ether oxygens (including phenoxy) is 1. The molecule has 2 aromatic heterocycles. The Labute approximate surface area is 146 Å². The summed E-state index contributed by atoms with van der Waals surface area (Å²) in [5.41, 5.74) is 2.47. The number of nitrogens with zero attached hydrogens (tertiary/aromatic N) is 1. The summed E-state index contributed by atoms with van der Waals surface area (Å²) in [7, 11) is 1.30. The number of H-pyrrole nitrogens is 1. The van der Waals surface area contributed by atoms with Gasteiger partial charge in [-0.3, -0.25) is 4.79 Å². The molecule has 5 nitrogen and oxygen atoms in total. The first kappa shape index (κ1) is 16.4. The highest BCUT2D eigenvalue weighted by Crippen LogP contribution is 2.28. The number of pyridine rings is 1. The van der Waals surface area contributed by atoms with E-state index in [9.17, 15) is 9.59 Å². The van der Waals surface area contributed by atoms with Crippen LogP contribution in [0, 0.1) is 6.92 Å². The maximum absolute atomic E-state index is 12.2. The molecule has 0 bridgehead atoms. The van der Waals surface area contributed by atoms with Crippen molar-refractivity contribution >= 4 is 28.9 Å². The van der Waals surface area contributed by atoms with Gasteiger partial charge in [0.15, 0.2) is 0 Å². The van der Waals surface area contributed by atoms with E-state index in [1.807, 2.05) is 17.5 Å². The fourth-order valence-electron chi connectivity index (χ4n) is 2.25. The normalized spacial score (nSPS) is 10.6. The molecule has 0 fully saturated rings. The second kappa shape index (κ2) is 6.59. The van der Waals surface area contributed by atoms with Crippen LogP contribution in [0.2, 0.25) is 5.02 Å². The summed E-state index contributed by atoms with van der Waals surface area (Å²) in [5.74, 6) is -0.500. The molecule has 0 atom stereocenters. The molecule has 0 aliphatic carbocycles. The summed E-state index contributed by atoms with van der Waals surface area (Å²) >= 11 is 7.22. The first-order valence-corrected chi connectivity index (χ1v) is 8.29. The third kappa shape index (κ3) is 3.11. The van der Waals surface area contributed by atoms with E-state index < -0.39 is 5.97 Å². The minimum absolute atomic E-state index is 0.294. The average molecular weight is 361 g/mol. The Balaban J connectivity index is 2.05. The highest BCUT2D eigenvalue weighted by molar-refractivity contribution is 7.13. The van der Waals surface area contributed by atoms with E-state index in [-0.39, 0.29) is 5.56 Å². The third-order valence-corrected chi connectivity index (χ3v) is 4.65. The molecular weight excluding hydrogens is 348 g/mol. The molecule has 0 saturated heterocycles. The summed E-state index contributed by atoms with van der Waals surface area (Å²) in [6, 6.07) is 8.80. The van der Waals surface area contributed by atoms with Gasteiger partial charge in [-0.15, -0.1) is 11.3 Å². The maximum atomic E-state index is 12.2. The molecule has 0 aliphatic rings. The molecule has 122 valence electrons. The van der Waals surface area contributed by atoms with E-state index in [1.165, 1.54) is 24.5 Å². The predicted octanol–water partition coefficient (Wildman–Crippen LogP) is 3.91. The molecule has 24 heavy (non-hydrogen) atoms. The first-order chi connectivity index (χ1) is 11.5. The van der Waals surface area contributed by atoms with E-state index in [4.69, 9.17) is 16.3 Å². The van der Waals surface area contributed by atoms with Gasteiger partial charge in [0, 0.05) is 21.7 Å². The minimum Gasteiger partial charge on any atom is -0.465 e. The highest BCUT2D eigenvalue weighted by Gasteiger charge is 2.16. The largest absolute Gasteiger partial charge is 0.465 e. The van der Waals surface area contributed by atoms with Crippen molar-refractivity contribution in [2.75, 3.05) is 7.11 Å². The number of aromatic amines is 1. The molecular formula is C17H13ClN2O3S. The van der Waals surface area contributed by atoms with Crippen LogP contribution in [0.25, 0.3) is 21.8 Å². The lowest BCUT2D eigenvalue weighted by atomic mass is 10.1. The number of carbonyl (C=O) groups excluding carboxylic acids is 1. The fourth-order valence-corrected chi connectivity index (χ4v) is 3.22. The number of aryl methyl sites for hydroxylation is 1. The Kier molecular flexibility index (Phi) is 4.51. The molecule has 1 aromatic carbocycles. The Morgan fingerprint density at radius 3 is 2.67 bits per heavy atom. The molecule has 0 aliphatic heterocycles. The smallest absolute Gasteiger partial charge is 0.339 e. The number of halogens is 1. The Morgan fingerprint density at radius 2 is 2.00 bits per heavy atom. The van der Waals surface area contributed by atoms with Crippen molar-refractivity contribution in [3.05, 3.63) is 62.3 Å². The summed E-state index contributed by atoms with van der Waals surface area (Å²) in [6.45, 7) is 1.65. The second-order valence-corrected chi connectivity index (χ2v) is 6.38. The number of thiazole rings is 1.